The molecule has 116 valence electrons. The number of nitrogens with one attached hydrogen (secondary N) is 2. The van der Waals surface area contributed by atoms with Crippen molar-refractivity contribution in [2.45, 2.75) is 25.7 Å². The van der Waals surface area contributed by atoms with Crippen molar-refractivity contribution in [1.29, 1.82) is 0 Å². The molecule has 1 aromatic rings. The molecule has 1 aliphatic carbocycles. The van der Waals surface area contributed by atoms with Gasteiger partial charge in [0.15, 0.2) is 5.11 Å². The van der Waals surface area contributed by atoms with Crippen LogP contribution < -0.4 is 10.6 Å². The van der Waals surface area contributed by atoms with E-state index in [2.05, 4.69) is 10.6 Å². The highest BCUT2D eigenvalue weighted by Gasteiger charge is 2.30. The van der Waals surface area contributed by atoms with Crippen molar-refractivity contribution in [1.82, 2.24) is 10.2 Å². The Kier molecular flexibility index (Phi) is 4.38. The lowest BCUT2D eigenvalue weighted by Crippen LogP contribution is -2.35. The van der Waals surface area contributed by atoms with Gasteiger partial charge in [0.1, 0.15) is 0 Å². The minimum atomic E-state index is -0.0261. The standard InChI is InChI=1S/C16H19N3O2S/c20-14(11-6-7-11)18-16(22)17-13-5-3-4-12(10-13)15(21)19-8-1-2-9-19/h3-5,10-11H,1-2,6-9H2,(H2,17,18,20,22). The van der Waals surface area contributed by atoms with Gasteiger partial charge < -0.3 is 15.5 Å². The fraction of sp³-hybridized carbons (Fsp3) is 0.438. The topological polar surface area (TPSA) is 61.4 Å². The van der Waals surface area contributed by atoms with Gasteiger partial charge in [0.25, 0.3) is 5.91 Å². The average molecular weight is 317 g/mol. The van der Waals surface area contributed by atoms with E-state index in [1.165, 1.54) is 0 Å². The maximum absolute atomic E-state index is 12.4. The zero-order valence-electron chi connectivity index (χ0n) is 12.3. The maximum atomic E-state index is 12.4. The first-order valence-corrected chi connectivity index (χ1v) is 8.05. The summed E-state index contributed by atoms with van der Waals surface area (Å²) in [5.41, 5.74) is 1.36. The Morgan fingerprint density at radius 3 is 2.59 bits per heavy atom. The predicted octanol–water partition coefficient (Wildman–Crippen LogP) is 2.15. The minimum absolute atomic E-state index is 0.0261. The molecule has 2 aliphatic rings. The third kappa shape index (κ3) is 3.62. The number of hydrogen-bond acceptors (Lipinski definition) is 3. The maximum Gasteiger partial charge on any atom is 0.253 e. The summed E-state index contributed by atoms with van der Waals surface area (Å²) >= 11 is 5.14. The molecule has 6 heteroatoms. The molecule has 0 aromatic heterocycles. The molecule has 0 bridgehead atoms. The number of likely N-dealkylation sites (tertiary alicyclic amines) is 1. The molecule has 22 heavy (non-hydrogen) atoms. The molecule has 0 unspecified atom stereocenters. The van der Waals surface area contributed by atoms with E-state index in [-0.39, 0.29) is 22.8 Å². The second kappa shape index (κ2) is 6.44. The van der Waals surface area contributed by atoms with Gasteiger partial charge in [0.05, 0.1) is 0 Å². The molecule has 1 heterocycles. The quantitative estimate of drug-likeness (QED) is 0.839. The zero-order valence-corrected chi connectivity index (χ0v) is 13.1. The smallest absolute Gasteiger partial charge is 0.253 e. The number of rotatable bonds is 3. The lowest BCUT2D eigenvalue weighted by molar-refractivity contribution is -0.120. The van der Waals surface area contributed by atoms with Crippen molar-refractivity contribution in [3.8, 4) is 0 Å². The summed E-state index contributed by atoms with van der Waals surface area (Å²) in [7, 11) is 0. The van der Waals surface area contributed by atoms with Gasteiger partial charge in [-0.15, -0.1) is 0 Å². The summed E-state index contributed by atoms with van der Waals surface area (Å²) in [5.74, 6) is 0.138. The Bertz CT molecular complexity index is 607. The first-order chi connectivity index (χ1) is 10.6. The zero-order chi connectivity index (χ0) is 15.5. The van der Waals surface area contributed by atoms with E-state index in [1.807, 2.05) is 17.0 Å². The first kappa shape index (κ1) is 15.0. The Balaban J connectivity index is 1.61. The van der Waals surface area contributed by atoms with Crippen molar-refractivity contribution in [2.24, 2.45) is 5.92 Å². The van der Waals surface area contributed by atoms with Gasteiger partial charge in [-0.25, -0.2) is 0 Å². The number of carbonyl (C=O) groups excluding carboxylic acids is 2. The van der Waals surface area contributed by atoms with Gasteiger partial charge in [0.2, 0.25) is 5.91 Å². The van der Waals surface area contributed by atoms with E-state index in [0.717, 1.165) is 38.8 Å². The van der Waals surface area contributed by atoms with Crippen LogP contribution in [0.1, 0.15) is 36.0 Å². The highest BCUT2D eigenvalue weighted by Crippen LogP contribution is 2.28. The minimum Gasteiger partial charge on any atom is -0.339 e. The molecular weight excluding hydrogens is 298 g/mol. The molecule has 1 aromatic carbocycles. The lowest BCUT2D eigenvalue weighted by atomic mass is 10.2. The second-order valence-corrected chi connectivity index (χ2v) is 6.21. The SMILES string of the molecule is O=C(NC(=S)Nc1cccc(C(=O)N2CCCC2)c1)C1CC1. The van der Waals surface area contributed by atoms with Crippen LogP contribution in [0.25, 0.3) is 0 Å². The van der Waals surface area contributed by atoms with Crippen LogP contribution in [0.15, 0.2) is 24.3 Å². The van der Waals surface area contributed by atoms with Crippen LogP contribution in [-0.2, 0) is 4.79 Å². The fourth-order valence-electron chi connectivity index (χ4n) is 2.55. The highest BCUT2D eigenvalue weighted by atomic mass is 32.1. The molecule has 0 spiro atoms. The summed E-state index contributed by atoms with van der Waals surface area (Å²) in [6, 6.07) is 7.22. The molecule has 0 radical (unpaired) electrons. The fourth-order valence-corrected chi connectivity index (χ4v) is 2.77. The largest absolute Gasteiger partial charge is 0.339 e. The van der Waals surface area contributed by atoms with E-state index < -0.39 is 0 Å². The highest BCUT2D eigenvalue weighted by molar-refractivity contribution is 7.80. The van der Waals surface area contributed by atoms with Gasteiger partial charge in [0, 0.05) is 30.3 Å². The van der Waals surface area contributed by atoms with E-state index >= 15 is 0 Å². The van der Waals surface area contributed by atoms with Crippen LogP contribution in [-0.4, -0.2) is 34.9 Å². The first-order valence-electron chi connectivity index (χ1n) is 7.64. The summed E-state index contributed by atoms with van der Waals surface area (Å²) in [5, 5.41) is 5.93. The molecule has 1 saturated heterocycles. The molecule has 1 saturated carbocycles. The van der Waals surface area contributed by atoms with Crippen molar-refractivity contribution in [3.63, 3.8) is 0 Å². The normalized spacial score (nSPS) is 17.2. The summed E-state index contributed by atoms with van der Waals surface area (Å²) < 4.78 is 0. The van der Waals surface area contributed by atoms with E-state index in [1.54, 1.807) is 12.1 Å². The number of amides is 2. The molecule has 2 fully saturated rings. The lowest BCUT2D eigenvalue weighted by Gasteiger charge is -2.16. The third-order valence-corrected chi connectivity index (χ3v) is 4.15. The monoisotopic (exact) mass is 317 g/mol. The van der Waals surface area contributed by atoms with E-state index in [9.17, 15) is 9.59 Å². The van der Waals surface area contributed by atoms with Gasteiger partial charge in [-0.05, 0) is 56.1 Å². The Morgan fingerprint density at radius 1 is 1.18 bits per heavy atom. The second-order valence-electron chi connectivity index (χ2n) is 5.80. The van der Waals surface area contributed by atoms with Crippen molar-refractivity contribution in [3.05, 3.63) is 29.8 Å². The van der Waals surface area contributed by atoms with Crippen molar-refractivity contribution < 1.29 is 9.59 Å². The summed E-state index contributed by atoms with van der Waals surface area (Å²) in [6.07, 6.45) is 4.02. The molecule has 5 nitrogen and oxygen atoms in total. The number of carbonyl (C=O) groups is 2. The Hall–Kier alpha value is -1.95. The van der Waals surface area contributed by atoms with Gasteiger partial charge in [-0.3, -0.25) is 9.59 Å². The van der Waals surface area contributed by atoms with Gasteiger partial charge in [-0.2, -0.15) is 0 Å². The van der Waals surface area contributed by atoms with E-state index in [0.29, 0.717) is 11.3 Å². The summed E-state index contributed by atoms with van der Waals surface area (Å²) in [4.78, 5) is 25.9. The Morgan fingerprint density at radius 2 is 1.91 bits per heavy atom. The molecule has 0 atom stereocenters. The number of thiocarbonyl (C=S) groups is 1. The number of benzene rings is 1. The van der Waals surface area contributed by atoms with Crippen LogP contribution in [0.5, 0.6) is 0 Å². The van der Waals surface area contributed by atoms with Crippen LogP contribution in [0.3, 0.4) is 0 Å². The Labute approximate surface area is 135 Å². The van der Waals surface area contributed by atoms with Gasteiger partial charge >= 0.3 is 0 Å². The predicted molar refractivity (Wildman–Crippen MR) is 88.7 cm³/mol. The number of anilines is 1. The molecule has 2 N–H and O–H groups in total. The van der Waals surface area contributed by atoms with Crippen molar-refractivity contribution >= 4 is 34.8 Å². The van der Waals surface area contributed by atoms with Gasteiger partial charge in [-0.1, -0.05) is 6.07 Å². The summed E-state index contributed by atoms with van der Waals surface area (Å²) in [6.45, 7) is 1.65. The number of hydrogen-bond donors (Lipinski definition) is 2. The molecular formula is C16H19N3O2S. The van der Waals surface area contributed by atoms with Crippen LogP contribution >= 0.6 is 12.2 Å². The molecule has 1 aliphatic heterocycles. The molecule has 2 amide bonds. The molecule has 3 rings (SSSR count). The third-order valence-electron chi connectivity index (χ3n) is 3.95. The number of nitrogens with zero attached hydrogens (tertiary/aromatic N) is 1. The average Bonchev–Trinajstić information content (AvgIpc) is 3.22. The van der Waals surface area contributed by atoms with Crippen LogP contribution in [0.2, 0.25) is 0 Å². The van der Waals surface area contributed by atoms with Crippen LogP contribution in [0.4, 0.5) is 5.69 Å². The van der Waals surface area contributed by atoms with Crippen LogP contribution in [0, 0.1) is 5.92 Å². The van der Waals surface area contributed by atoms with E-state index in [4.69, 9.17) is 12.2 Å². The van der Waals surface area contributed by atoms with Crippen molar-refractivity contribution in [2.75, 3.05) is 18.4 Å².